The van der Waals surface area contributed by atoms with Gasteiger partial charge in [0.25, 0.3) is 0 Å². The summed E-state index contributed by atoms with van der Waals surface area (Å²) in [5.41, 5.74) is 1.17. The van der Waals surface area contributed by atoms with Crippen LogP contribution >= 0.6 is 0 Å². The Balaban J connectivity index is 2.14. The van der Waals surface area contributed by atoms with E-state index in [4.69, 9.17) is 9.47 Å². The molecule has 0 aromatic heterocycles. The summed E-state index contributed by atoms with van der Waals surface area (Å²) in [6, 6.07) is 16.3. The van der Waals surface area contributed by atoms with Crippen molar-refractivity contribution >= 4 is 17.7 Å². The van der Waals surface area contributed by atoms with Gasteiger partial charge in [0.1, 0.15) is 17.4 Å². The lowest BCUT2D eigenvalue weighted by molar-refractivity contribution is -0.120. The predicted octanol–water partition coefficient (Wildman–Crippen LogP) is 4.18. The molecule has 0 aliphatic carbocycles. The first-order valence-electron chi connectivity index (χ1n) is 9.64. The maximum Gasteiger partial charge on any atom is 0.408 e. The molecule has 2 aromatic carbocycles. The highest BCUT2D eigenvalue weighted by molar-refractivity contribution is 5.98. The molecule has 0 saturated heterocycles. The number of methoxy groups -OCH3 is 1. The summed E-state index contributed by atoms with van der Waals surface area (Å²) >= 11 is 0. The average Bonchev–Trinajstić information content (AvgIpc) is 2.69. The van der Waals surface area contributed by atoms with E-state index in [0.717, 1.165) is 5.56 Å². The third-order valence-corrected chi connectivity index (χ3v) is 4.34. The molecule has 0 radical (unpaired) electrons. The molecule has 6 heteroatoms. The Hall–Kier alpha value is -3.02. The Labute approximate surface area is 172 Å². The molecule has 0 fully saturated rings. The summed E-state index contributed by atoms with van der Waals surface area (Å²) in [4.78, 5) is 27.0. The molecule has 0 spiro atoms. The zero-order valence-electron chi connectivity index (χ0n) is 17.8. The maximum atomic E-state index is 13.1. The molecule has 6 nitrogen and oxygen atoms in total. The van der Waals surface area contributed by atoms with Gasteiger partial charge in [-0.25, -0.2) is 4.79 Å². The Bertz CT molecular complexity index is 798. The van der Waals surface area contributed by atoms with Gasteiger partial charge in [-0.1, -0.05) is 30.3 Å². The molecule has 0 bridgehead atoms. The van der Waals surface area contributed by atoms with Gasteiger partial charge in [-0.2, -0.15) is 0 Å². The smallest absolute Gasteiger partial charge is 0.408 e. The molecule has 29 heavy (non-hydrogen) atoms. The van der Waals surface area contributed by atoms with Crippen LogP contribution < -0.4 is 15.0 Å². The van der Waals surface area contributed by atoms with Crippen LogP contribution in [0.2, 0.25) is 0 Å². The van der Waals surface area contributed by atoms with Gasteiger partial charge in [0.15, 0.2) is 0 Å². The molecule has 0 aliphatic heterocycles. The molecule has 1 atom stereocenters. The van der Waals surface area contributed by atoms with E-state index in [1.165, 1.54) is 4.90 Å². The van der Waals surface area contributed by atoms with Gasteiger partial charge in [-0.15, -0.1) is 0 Å². The van der Waals surface area contributed by atoms with Gasteiger partial charge in [-0.05, 0) is 63.4 Å². The molecular formula is C23H30N2O4. The van der Waals surface area contributed by atoms with Gasteiger partial charge >= 0.3 is 6.09 Å². The number of anilines is 1. The number of nitrogens with zero attached hydrogens (tertiary/aromatic N) is 1. The number of carbonyl (C=O) groups is 2. The zero-order chi connectivity index (χ0) is 21.4. The van der Waals surface area contributed by atoms with Crippen molar-refractivity contribution in [2.45, 2.75) is 45.3 Å². The fourth-order valence-electron chi connectivity index (χ4n) is 2.83. The lowest BCUT2D eigenvalue weighted by atomic mass is 10.0. The number of benzene rings is 2. The minimum Gasteiger partial charge on any atom is -0.497 e. The molecule has 0 aliphatic rings. The fourth-order valence-corrected chi connectivity index (χ4v) is 2.83. The quantitative estimate of drug-likeness (QED) is 0.760. The Morgan fingerprint density at radius 2 is 1.66 bits per heavy atom. The second kappa shape index (κ2) is 9.96. The lowest BCUT2D eigenvalue weighted by Crippen LogP contribution is -2.49. The van der Waals surface area contributed by atoms with Gasteiger partial charge in [0.2, 0.25) is 5.91 Å². The Morgan fingerprint density at radius 1 is 1.03 bits per heavy atom. The van der Waals surface area contributed by atoms with Crippen LogP contribution in [0.25, 0.3) is 0 Å². The van der Waals surface area contributed by atoms with Crippen molar-refractivity contribution in [3.63, 3.8) is 0 Å². The topological polar surface area (TPSA) is 67.9 Å². The number of alkyl carbamates (subject to hydrolysis) is 1. The highest BCUT2D eigenvalue weighted by Gasteiger charge is 2.27. The summed E-state index contributed by atoms with van der Waals surface area (Å²) in [6.45, 7) is 5.37. The number of rotatable bonds is 7. The molecule has 2 rings (SSSR count). The van der Waals surface area contributed by atoms with Crippen LogP contribution in [0, 0.1) is 0 Å². The number of likely N-dealkylation sites (N-methyl/N-ethyl adjacent to an activating group) is 1. The number of amides is 2. The molecule has 156 valence electrons. The van der Waals surface area contributed by atoms with Crippen LogP contribution in [0.15, 0.2) is 54.6 Å². The number of hydrogen-bond donors (Lipinski definition) is 1. The van der Waals surface area contributed by atoms with E-state index in [9.17, 15) is 9.59 Å². The van der Waals surface area contributed by atoms with E-state index < -0.39 is 17.7 Å². The minimum atomic E-state index is -0.711. The molecule has 0 saturated carbocycles. The Kier molecular flexibility index (Phi) is 7.65. The SMILES string of the molecule is COc1ccc(N(C)C(=O)[C@H](CCc2ccccc2)NC(=O)OC(C)(C)C)cc1. The number of ether oxygens (including phenoxy) is 2. The van der Waals surface area contributed by atoms with Crippen molar-refractivity contribution in [2.75, 3.05) is 19.1 Å². The first kappa shape index (κ1) is 22.3. The maximum absolute atomic E-state index is 13.1. The Morgan fingerprint density at radius 3 is 2.21 bits per heavy atom. The minimum absolute atomic E-state index is 0.211. The summed E-state index contributed by atoms with van der Waals surface area (Å²) in [5.74, 6) is 0.499. The van der Waals surface area contributed by atoms with E-state index >= 15 is 0 Å². The predicted molar refractivity (Wildman–Crippen MR) is 114 cm³/mol. The summed E-state index contributed by atoms with van der Waals surface area (Å²) in [6.07, 6.45) is 0.513. The second-order valence-electron chi connectivity index (χ2n) is 7.82. The van der Waals surface area contributed by atoms with E-state index in [-0.39, 0.29) is 5.91 Å². The van der Waals surface area contributed by atoms with Crippen LogP contribution in [0.3, 0.4) is 0 Å². The summed E-state index contributed by atoms with van der Waals surface area (Å²) in [5, 5.41) is 2.74. The second-order valence-corrected chi connectivity index (χ2v) is 7.82. The van der Waals surface area contributed by atoms with E-state index in [0.29, 0.717) is 24.3 Å². The third-order valence-electron chi connectivity index (χ3n) is 4.34. The zero-order valence-corrected chi connectivity index (χ0v) is 17.8. The largest absolute Gasteiger partial charge is 0.497 e. The van der Waals surface area contributed by atoms with Gasteiger partial charge in [0, 0.05) is 12.7 Å². The highest BCUT2D eigenvalue weighted by Crippen LogP contribution is 2.20. The first-order valence-corrected chi connectivity index (χ1v) is 9.64. The molecular weight excluding hydrogens is 368 g/mol. The highest BCUT2D eigenvalue weighted by atomic mass is 16.6. The fraction of sp³-hybridized carbons (Fsp3) is 0.391. The molecule has 1 N–H and O–H groups in total. The van der Waals surface area contributed by atoms with Crippen LogP contribution in [-0.2, 0) is 16.0 Å². The monoisotopic (exact) mass is 398 g/mol. The van der Waals surface area contributed by atoms with Crippen molar-refractivity contribution in [3.8, 4) is 5.75 Å². The molecule has 0 unspecified atom stereocenters. The number of hydrogen-bond acceptors (Lipinski definition) is 4. The third kappa shape index (κ3) is 7.14. The number of aryl methyl sites for hydroxylation is 1. The molecule has 0 heterocycles. The molecule has 2 amide bonds. The standard InChI is InChI=1S/C23H30N2O4/c1-23(2,3)29-22(27)24-20(16-11-17-9-7-6-8-10-17)21(26)25(4)18-12-14-19(28-5)15-13-18/h6-10,12-15,20H,11,16H2,1-5H3,(H,24,27)/t20-/m0/s1. The van der Waals surface area contributed by atoms with E-state index in [1.807, 2.05) is 30.3 Å². The van der Waals surface area contributed by atoms with E-state index in [1.54, 1.807) is 59.2 Å². The summed E-state index contributed by atoms with van der Waals surface area (Å²) in [7, 11) is 3.28. The van der Waals surface area contributed by atoms with E-state index in [2.05, 4.69) is 5.32 Å². The first-order chi connectivity index (χ1) is 13.7. The lowest BCUT2D eigenvalue weighted by Gasteiger charge is -2.26. The van der Waals surface area contributed by atoms with Crippen molar-refractivity contribution in [1.82, 2.24) is 5.32 Å². The molecule has 2 aromatic rings. The number of carbonyl (C=O) groups excluding carboxylic acids is 2. The number of nitrogens with one attached hydrogen (secondary N) is 1. The summed E-state index contributed by atoms with van der Waals surface area (Å²) < 4.78 is 10.5. The normalized spacial score (nSPS) is 12.0. The van der Waals surface area contributed by atoms with Crippen molar-refractivity contribution in [3.05, 3.63) is 60.2 Å². The average molecular weight is 399 g/mol. The van der Waals surface area contributed by atoms with Crippen molar-refractivity contribution < 1.29 is 19.1 Å². The van der Waals surface area contributed by atoms with Gasteiger partial charge < -0.3 is 19.7 Å². The van der Waals surface area contributed by atoms with Crippen LogP contribution in [0.5, 0.6) is 5.75 Å². The van der Waals surface area contributed by atoms with Crippen LogP contribution in [-0.4, -0.2) is 37.8 Å². The van der Waals surface area contributed by atoms with Gasteiger partial charge in [0.05, 0.1) is 7.11 Å². The van der Waals surface area contributed by atoms with Gasteiger partial charge in [-0.3, -0.25) is 4.79 Å². The van der Waals surface area contributed by atoms with Crippen molar-refractivity contribution in [1.29, 1.82) is 0 Å². The van der Waals surface area contributed by atoms with Crippen LogP contribution in [0.4, 0.5) is 10.5 Å². The van der Waals surface area contributed by atoms with Crippen LogP contribution in [0.1, 0.15) is 32.8 Å². The van der Waals surface area contributed by atoms with Crippen molar-refractivity contribution in [2.24, 2.45) is 0 Å².